The Morgan fingerprint density at radius 2 is 1.87 bits per heavy atom. The Balaban J connectivity index is 0. The second kappa shape index (κ2) is 7.97. The van der Waals surface area contributed by atoms with Crippen molar-refractivity contribution in [1.29, 1.82) is 0 Å². The monoisotopic (exact) mass is 335 g/mol. The van der Waals surface area contributed by atoms with E-state index >= 15 is 0 Å². The molecule has 0 aromatic heterocycles. The van der Waals surface area contributed by atoms with Gasteiger partial charge in [-0.2, -0.15) is 0 Å². The van der Waals surface area contributed by atoms with Gasteiger partial charge in [0.25, 0.3) is 0 Å². The van der Waals surface area contributed by atoms with E-state index in [1.807, 2.05) is 0 Å². The smallest absolute Gasteiger partial charge is 0.550 e. The summed E-state index contributed by atoms with van der Waals surface area (Å²) in [6.07, 6.45) is -0.842. The minimum absolute atomic E-state index is 0. The molecule has 0 radical (unpaired) electrons. The minimum Gasteiger partial charge on any atom is -0.550 e. The maximum absolute atomic E-state index is 11.1. The molecule has 0 aromatic rings. The van der Waals surface area contributed by atoms with Crippen molar-refractivity contribution in [3.8, 4) is 0 Å². The Bertz CT molecular complexity index is 225. The molecular weight excluding hydrogens is 319 g/mol. The van der Waals surface area contributed by atoms with Crippen LogP contribution in [-0.4, -0.2) is 23.7 Å². The summed E-state index contributed by atoms with van der Waals surface area (Å²) in [7, 11) is 0. The Morgan fingerprint density at radius 3 is 2.20 bits per heavy atom. The van der Waals surface area contributed by atoms with E-state index in [9.17, 15) is 14.7 Å². The van der Waals surface area contributed by atoms with Gasteiger partial charge in [0.1, 0.15) is 5.60 Å². The summed E-state index contributed by atoms with van der Waals surface area (Å²) in [5, 5.41) is 12.6. The van der Waals surface area contributed by atoms with E-state index in [0.29, 0.717) is 0 Å². The summed E-state index contributed by atoms with van der Waals surface area (Å²) < 4.78 is 4.93. The van der Waals surface area contributed by atoms with Crippen molar-refractivity contribution in [3.63, 3.8) is 0 Å². The van der Waals surface area contributed by atoms with E-state index in [0.717, 1.165) is 0 Å². The molecule has 0 spiro atoms. The Labute approximate surface area is 149 Å². The molecule has 0 aliphatic carbocycles. The maximum atomic E-state index is 11.1. The first-order valence-corrected chi connectivity index (χ1v) is 4.40. The Morgan fingerprint density at radius 1 is 1.40 bits per heavy atom. The second-order valence-corrected chi connectivity index (χ2v) is 4.12. The van der Waals surface area contributed by atoms with Crippen molar-refractivity contribution in [2.45, 2.75) is 45.8 Å². The van der Waals surface area contributed by atoms with Crippen LogP contribution in [0.2, 0.25) is 0 Å². The Hall–Kier alpha value is 0.792. The van der Waals surface area contributed by atoms with Crippen LogP contribution in [0.4, 0.5) is 4.79 Å². The molecule has 0 rings (SSSR count). The van der Waals surface area contributed by atoms with E-state index < -0.39 is 23.7 Å². The molecule has 0 aliphatic rings. The molecule has 1 atom stereocenters. The van der Waals surface area contributed by atoms with Crippen LogP contribution in [0.1, 0.15) is 34.1 Å². The molecule has 0 bridgehead atoms. The van der Waals surface area contributed by atoms with E-state index in [2.05, 4.69) is 5.32 Å². The third-order valence-electron chi connectivity index (χ3n) is 1.24. The first-order valence-electron chi connectivity index (χ1n) is 4.40. The number of carbonyl (C=O) groups is 2. The van der Waals surface area contributed by atoms with Gasteiger partial charge in [0.15, 0.2) is 0 Å². The maximum Gasteiger partial charge on any atom is 1.00 e. The fourth-order valence-corrected chi connectivity index (χ4v) is 0.810. The zero-order chi connectivity index (χ0) is 11.4. The van der Waals surface area contributed by atoms with Gasteiger partial charge in [-0.3, -0.25) is 0 Å². The molecule has 6 heteroatoms. The summed E-state index contributed by atoms with van der Waals surface area (Å²) in [6.45, 7) is 6.77. The third-order valence-corrected chi connectivity index (χ3v) is 1.24. The SMILES string of the molecule is CC(CC(=O)[O-])NC(=O)OC(C)(C)C.[Cs+]. The molecule has 1 N–H and O–H groups in total. The van der Waals surface area contributed by atoms with Gasteiger partial charge < -0.3 is 20.0 Å². The number of ether oxygens (including phenoxy) is 1. The van der Waals surface area contributed by atoms with Gasteiger partial charge in [0.2, 0.25) is 0 Å². The first kappa shape index (κ1) is 18.2. The molecule has 1 amide bonds. The average Bonchev–Trinajstić information content (AvgIpc) is 1.77. The van der Waals surface area contributed by atoms with Crippen molar-refractivity contribution in [2.75, 3.05) is 0 Å². The molecule has 0 saturated heterocycles. The van der Waals surface area contributed by atoms with Gasteiger partial charge in [-0.15, -0.1) is 0 Å². The molecule has 15 heavy (non-hydrogen) atoms. The summed E-state index contributed by atoms with van der Waals surface area (Å²) in [5.41, 5.74) is -0.578. The van der Waals surface area contributed by atoms with Crippen LogP contribution in [0.25, 0.3) is 0 Å². The van der Waals surface area contributed by atoms with Crippen LogP contribution in [-0.2, 0) is 9.53 Å². The topological polar surface area (TPSA) is 78.5 Å². The predicted octanol–water partition coefficient (Wildman–Crippen LogP) is -2.96. The normalized spacial score (nSPS) is 12.3. The number of nitrogens with one attached hydrogen (secondary N) is 1. The Kier molecular flexibility index (Phi) is 9.65. The van der Waals surface area contributed by atoms with E-state index in [1.165, 1.54) is 0 Å². The van der Waals surface area contributed by atoms with Crippen LogP contribution in [0.3, 0.4) is 0 Å². The predicted molar refractivity (Wildman–Crippen MR) is 48.5 cm³/mol. The van der Waals surface area contributed by atoms with Crippen molar-refractivity contribution < 1.29 is 88.3 Å². The van der Waals surface area contributed by atoms with Crippen LogP contribution in [0.5, 0.6) is 0 Å². The van der Waals surface area contributed by atoms with Gasteiger partial charge >= 0.3 is 75.0 Å². The van der Waals surface area contributed by atoms with Crippen molar-refractivity contribution in [2.24, 2.45) is 0 Å². The summed E-state index contributed by atoms with van der Waals surface area (Å²) in [5.74, 6) is -1.20. The van der Waals surface area contributed by atoms with Gasteiger partial charge in [-0.25, -0.2) is 4.79 Å². The van der Waals surface area contributed by atoms with Crippen molar-refractivity contribution >= 4 is 12.1 Å². The molecule has 1 unspecified atom stereocenters. The van der Waals surface area contributed by atoms with Crippen LogP contribution in [0, 0.1) is 0 Å². The van der Waals surface area contributed by atoms with Gasteiger partial charge in [-0.05, 0) is 27.7 Å². The second-order valence-electron chi connectivity index (χ2n) is 4.12. The first-order chi connectivity index (χ1) is 6.20. The van der Waals surface area contributed by atoms with Gasteiger partial charge in [0, 0.05) is 18.4 Å². The van der Waals surface area contributed by atoms with Crippen LogP contribution in [0.15, 0.2) is 0 Å². The molecule has 5 nitrogen and oxygen atoms in total. The zero-order valence-corrected chi connectivity index (χ0v) is 16.2. The van der Waals surface area contributed by atoms with Crippen molar-refractivity contribution in [1.82, 2.24) is 5.32 Å². The number of hydrogen-bond acceptors (Lipinski definition) is 4. The number of aliphatic carboxylic acids is 1. The number of carboxylic acid groups (broad SMARTS) is 1. The fraction of sp³-hybridized carbons (Fsp3) is 0.778. The van der Waals surface area contributed by atoms with E-state index in [-0.39, 0.29) is 75.3 Å². The summed E-state index contributed by atoms with van der Waals surface area (Å²) in [6, 6.07) is -0.491. The van der Waals surface area contributed by atoms with Gasteiger partial charge in [-0.1, -0.05) is 0 Å². The summed E-state index contributed by atoms with van der Waals surface area (Å²) >= 11 is 0. The standard InChI is InChI=1S/C9H17NO4.Cs/c1-6(5-7(11)12)10-8(13)14-9(2,3)4;/h6H,5H2,1-4H3,(H,10,13)(H,11,12);/q;+1/p-1. The number of hydrogen-bond donors (Lipinski definition) is 1. The number of alkyl carbamates (subject to hydrolysis) is 1. The third kappa shape index (κ3) is 12.7. The summed E-state index contributed by atoms with van der Waals surface area (Å²) in [4.78, 5) is 21.3. The largest absolute Gasteiger partial charge is 1.00 e. The van der Waals surface area contributed by atoms with Crippen molar-refractivity contribution in [3.05, 3.63) is 0 Å². The minimum atomic E-state index is -1.20. The number of amides is 1. The molecule has 0 aromatic carbocycles. The number of carbonyl (C=O) groups excluding carboxylic acids is 2. The molecular formula is C9H16CsNO4. The molecule has 0 aliphatic heterocycles. The van der Waals surface area contributed by atoms with Crippen LogP contribution < -0.4 is 79.3 Å². The fourth-order valence-electron chi connectivity index (χ4n) is 0.810. The molecule has 0 heterocycles. The zero-order valence-electron chi connectivity index (χ0n) is 9.92. The van der Waals surface area contributed by atoms with E-state index in [1.54, 1.807) is 27.7 Å². The molecule has 0 saturated carbocycles. The quantitative estimate of drug-likeness (QED) is 0.598. The van der Waals surface area contributed by atoms with Gasteiger partial charge in [0.05, 0.1) is 0 Å². The van der Waals surface area contributed by atoms with E-state index in [4.69, 9.17) is 4.74 Å². The molecule has 0 fully saturated rings. The average molecular weight is 335 g/mol. The van der Waals surface area contributed by atoms with Crippen LogP contribution >= 0.6 is 0 Å². The number of carboxylic acids is 1. The molecule has 82 valence electrons. The number of rotatable bonds is 3.